The first-order chi connectivity index (χ1) is 11.5. The third-order valence-corrected chi connectivity index (χ3v) is 5.96. The number of nitrogens with one attached hydrogen (secondary N) is 2. The molecule has 1 heterocycles. The number of aromatic nitrogens is 1. The minimum absolute atomic E-state index is 0.213. The topological polar surface area (TPSA) is 44.9 Å². The van der Waals surface area contributed by atoms with Crippen LogP contribution in [0.1, 0.15) is 57.2 Å². The number of benzene rings is 1. The molecule has 0 bridgehead atoms. The van der Waals surface area contributed by atoms with Gasteiger partial charge in [0.05, 0.1) is 6.54 Å². The number of aryl methyl sites for hydroxylation is 1. The van der Waals surface area contributed by atoms with Crippen LogP contribution in [0.3, 0.4) is 0 Å². The number of halogens is 1. The largest absolute Gasteiger partial charge is 0.357 e. The van der Waals surface area contributed by atoms with E-state index in [1.54, 1.807) is 0 Å². The van der Waals surface area contributed by atoms with Crippen molar-refractivity contribution in [2.45, 2.75) is 59.4 Å². The van der Waals surface area contributed by atoms with Crippen LogP contribution in [0, 0.1) is 18.3 Å². The molecule has 2 aliphatic rings. The van der Waals surface area contributed by atoms with Gasteiger partial charge in [-0.15, -0.1) is 0 Å². The predicted molar refractivity (Wildman–Crippen MR) is 100 cm³/mol. The summed E-state index contributed by atoms with van der Waals surface area (Å²) in [5, 5.41) is 4.95. The van der Waals surface area contributed by atoms with Crippen LogP contribution in [-0.4, -0.2) is 10.9 Å². The molecule has 0 unspecified atom stereocenters. The van der Waals surface area contributed by atoms with Crippen molar-refractivity contribution in [3.63, 3.8) is 0 Å². The van der Waals surface area contributed by atoms with Crippen LogP contribution < -0.4 is 5.32 Å². The summed E-state index contributed by atoms with van der Waals surface area (Å²) < 4.78 is 0. The molecule has 130 valence electrons. The first-order valence-electron chi connectivity index (χ1n) is 9.10. The van der Waals surface area contributed by atoms with Crippen molar-refractivity contribution in [1.82, 2.24) is 10.3 Å². The Kier molecular flexibility index (Phi) is 4.91. The van der Waals surface area contributed by atoms with E-state index in [4.69, 9.17) is 11.6 Å². The van der Waals surface area contributed by atoms with E-state index in [-0.39, 0.29) is 11.8 Å². The van der Waals surface area contributed by atoms with Crippen LogP contribution in [0.5, 0.6) is 0 Å². The molecule has 2 fully saturated rings. The number of fused-ring (bicyclic) bond motifs is 1. The molecule has 0 saturated heterocycles. The number of amides is 1. The molecule has 2 aromatic rings. The van der Waals surface area contributed by atoms with E-state index >= 15 is 0 Å². The lowest BCUT2D eigenvalue weighted by atomic mass is 9.51. The summed E-state index contributed by atoms with van der Waals surface area (Å²) in [6.07, 6.45) is 6.21. The molecule has 1 spiro atoms. The smallest absolute Gasteiger partial charge is 0.223 e. The van der Waals surface area contributed by atoms with Crippen molar-refractivity contribution in [2.75, 3.05) is 0 Å². The Morgan fingerprint density at radius 2 is 2.00 bits per heavy atom. The van der Waals surface area contributed by atoms with Crippen molar-refractivity contribution in [3.8, 4) is 0 Å². The molecule has 0 atom stereocenters. The second kappa shape index (κ2) is 6.79. The summed E-state index contributed by atoms with van der Waals surface area (Å²) in [4.78, 5) is 15.6. The lowest BCUT2D eigenvalue weighted by molar-refractivity contribution is -0.137. The third-order valence-electron chi connectivity index (χ3n) is 5.55. The Balaban J connectivity index is 0.000000815. The Bertz CT molecular complexity index is 698. The molecule has 0 radical (unpaired) electrons. The number of carbonyl (C=O) groups is 1. The van der Waals surface area contributed by atoms with E-state index in [0.29, 0.717) is 12.0 Å². The van der Waals surface area contributed by atoms with Gasteiger partial charge < -0.3 is 10.3 Å². The minimum atomic E-state index is 0.213. The Hall–Kier alpha value is -1.48. The molecule has 1 aromatic heterocycles. The summed E-state index contributed by atoms with van der Waals surface area (Å²) in [7, 11) is 0. The molecule has 0 aliphatic heterocycles. The number of aromatic amines is 1. The van der Waals surface area contributed by atoms with E-state index in [1.807, 2.05) is 26.8 Å². The predicted octanol–water partition coefficient (Wildman–Crippen LogP) is 5.35. The van der Waals surface area contributed by atoms with Crippen molar-refractivity contribution >= 4 is 28.4 Å². The lowest BCUT2D eigenvalue weighted by Gasteiger charge is -2.53. The number of rotatable bonds is 3. The second-order valence-corrected chi connectivity index (χ2v) is 7.57. The molecular formula is C20H27ClN2O. The Labute approximate surface area is 149 Å². The highest BCUT2D eigenvalue weighted by Gasteiger charge is 2.50. The van der Waals surface area contributed by atoms with E-state index in [2.05, 4.69) is 22.4 Å². The molecule has 1 amide bonds. The van der Waals surface area contributed by atoms with Gasteiger partial charge in [0.1, 0.15) is 0 Å². The van der Waals surface area contributed by atoms with Gasteiger partial charge in [0, 0.05) is 27.5 Å². The molecule has 2 aliphatic carbocycles. The van der Waals surface area contributed by atoms with Crippen molar-refractivity contribution < 1.29 is 4.79 Å². The summed E-state index contributed by atoms with van der Waals surface area (Å²) in [6, 6.07) is 6.09. The normalized spacial score (nSPS) is 18.5. The number of H-pyrrole nitrogens is 1. The van der Waals surface area contributed by atoms with Gasteiger partial charge in [-0.1, -0.05) is 31.9 Å². The first kappa shape index (κ1) is 17.3. The molecule has 2 saturated carbocycles. The summed E-state index contributed by atoms with van der Waals surface area (Å²) in [5.74, 6) is 0.451. The van der Waals surface area contributed by atoms with E-state index in [1.165, 1.54) is 19.3 Å². The van der Waals surface area contributed by atoms with Crippen LogP contribution in [-0.2, 0) is 11.3 Å². The highest BCUT2D eigenvalue weighted by molar-refractivity contribution is 6.32. The first-order valence-corrected chi connectivity index (χ1v) is 9.48. The summed E-state index contributed by atoms with van der Waals surface area (Å²) in [5.41, 5.74) is 3.72. The number of hydrogen-bond acceptors (Lipinski definition) is 1. The molecule has 2 N–H and O–H groups in total. The van der Waals surface area contributed by atoms with Crippen LogP contribution in [0.25, 0.3) is 10.9 Å². The van der Waals surface area contributed by atoms with Crippen LogP contribution in [0.15, 0.2) is 18.2 Å². The SMILES string of the molecule is CC.Cc1cc2[nH]c(CNC(=O)C3CC4(CCC4)C3)cc2cc1Cl. The summed E-state index contributed by atoms with van der Waals surface area (Å²) in [6.45, 7) is 6.56. The van der Waals surface area contributed by atoms with Crippen LogP contribution in [0.2, 0.25) is 5.02 Å². The fourth-order valence-electron chi connectivity index (χ4n) is 4.00. The maximum Gasteiger partial charge on any atom is 0.223 e. The summed E-state index contributed by atoms with van der Waals surface area (Å²) >= 11 is 6.15. The molecule has 4 heteroatoms. The molecular weight excluding hydrogens is 320 g/mol. The fraction of sp³-hybridized carbons (Fsp3) is 0.550. The highest BCUT2D eigenvalue weighted by Crippen LogP contribution is 2.58. The van der Waals surface area contributed by atoms with Gasteiger partial charge in [0.15, 0.2) is 0 Å². The zero-order valence-electron chi connectivity index (χ0n) is 14.8. The average molecular weight is 347 g/mol. The Morgan fingerprint density at radius 3 is 2.62 bits per heavy atom. The van der Waals surface area contributed by atoms with Gasteiger partial charge in [0.2, 0.25) is 5.91 Å². The second-order valence-electron chi connectivity index (χ2n) is 7.16. The van der Waals surface area contributed by atoms with E-state index in [0.717, 1.165) is 40.0 Å². The van der Waals surface area contributed by atoms with Gasteiger partial charge in [-0.25, -0.2) is 0 Å². The van der Waals surface area contributed by atoms with Gasteiger partial charge in [-0.2, -0.15) is 0 Å². The minimum Gasteiger partial charge on any atom is -0.357 e. The zero-order chi connectivity index (χ0) is 17.3. The van der Waals surface area contributed by atoms with E-state index < -0.39 is 0 Å². The molecule has 1 aromatic carbocycles. The molecule has 4 rings (SSSR count). The number of carbonyl (C=O) groups excluding carboxylic acids is 1. The van der Waals surface area contributed by atoms with Crippen molar-refractivity contribution in [1.29, 1.82) is 0 Å². The van der Waals surface area contributed by atoms with Crippen molar-refractivity contribution in [3.05, 3.63) is 34.5 Å². The standard InChI is InChI=1S/C18H21ClN2O.C2H6/c1-11-5-16-12(7-15(11)19)6-14(21-16)10-20-17(22)13-8-18(9-13)3-2-4-18;1-2/h5-7,13,21H,2-4,8-10H2,1H3,(H,20,22);1-2H3. The maximum absolute atomic E-state index is 12.2. The highest BCUT2D eigenvalue weighted by atomic mass is 35.5. The van der Waals surface area contributed by atoms with Crippen LogP contribution >= 0.6 is 11.6 Å². The van der Waals surface area contributed by atoms with E-state index in [9.17, 15) is 4.79 Å². The quantitative estimate of drug-likeness (QED) is 0.772. The number of hydrogen-bond donors (Lipinski definition) is 2. The maximum atomic E-state index is 12.2. The Morgan fingerprint density at radius 1 is 1.29 bits per heavy atom. The third kappa shape index (κ3) is 3.19. The van der Waals surface area contributed by atoms with Gasteiger partial charge >= 0.3 is 0 Å². The lowest BCUT2D eigenvalue weighted by Crippen LogP contribution is -2.48. The molecule has 24 heavy (non-hydrogen) atoms. The zero-order valence-corrected chi connectivity index (χ0v) is 15.6. The monoisotopic (exact) mass is 346 g/mol. The average Bonchev–Trinajstić information content (AvgIpc) is 2.86. The molecule has 3 nitrogen and oxygen atoms in total. The van der Waals surface area contributed by atoms with Crippen LogP contribution in [0.4, 0.5) is 0 Å². The van der Waals surface area contributed by atoms with Crippen molar-refractivity contribution in [2.24, 2.45) is 11.3 Å². The van der Waals surface area contributed by atoms with Gasteiger partial charge in [0.25, 0.3) is 0 Å². The van der Waals surface area contributed by atoms with Gasteiger partial charge in [-0.3, -0.25) is 4.79 Å². The van der Waals surface area contributed by atoms with Gasteiger partial charge in [-0.05, 0) is 61.8 Å². The fourth-order valence-corrected chi connectivity index (χ4v) is 4.17.